The van der Waals surface area contributed by atoms with Gasteiger partial charge < -0.3 is 10.4 Å². The first-order valence-corrected chi connectivity index (χ1v) is 8.11. The van der Waals surface area contributed by atoms with Crippen LogP contribution in [0.3, 0.4) is 0 Å². The average Bonchev–Trinajstić information content (AvgIpc) is 3.04. The van der Waals surface area contributed by atoms with Gasteiger partial charge in [0.25, 0.3) is 5.69 Å². The number of nitro groups is 1. The molecule has 0 unspecified atom stereocenters. The van der Waals surface area contributed by atoms with Crippen molar-refractivity contribution in [3.05, 3.63) is 74.8 Å². The number of halogens is 1. The zero-order chi connectivity index (χ0) is 16.8. The summed E-state index contributed by atoms with van der Waals surface area (Å²) >= 11 is 6.01. The Labute approximate surface area is 143 Å². The highest BCUT2D eigenvalue weighted by atomic mass is 35.5. The number of hydrogen-bond acceptors (Lipinski definition) is 4. The number of nitrogens with one attached hydrogen (secondary N) is 1. The molecule has 6 heteroatoms. The van der Waals surface area contributed by atoms with Crippen molar-refractivity contribution in [2.24, 2.45) is 5.92 Å². The topological polar surface area (TPSA) is 78.2 Å². The van der Waals surface area contributed by atoms with E-state index in [-0.39, 0.29) is 34.3 Å². The van der Waals surface area contributed by atoms with Gasteiger partial charge in [-0.15, -0.1) is 0 Å². The molecule has 3 atom stereocenters. The summed E-state index contributed by atoms with van der Waals surface area (Å²) in [6.45, 7) is 0. The average molecular weight is 342 g/mol. The first-order chi connectivity index (χ1) is 11.6. The number of benzene rings is 2. The monoisotopic (exact) mass is 341 g/mol. The van der Waals surface area contributed by atoms with Gasteiger partial charge in [0.15, 0.2) is 0 Å². The molecule has 0 fully saturated rings. The lowest BCUT2D eigenvalue weighted by Crippen LogP contribution is -2.30. The number of fused-ring (bicyclic) bond motifs is 3. The van der Waals surface area contributed by atoms with Crippen LogP contribution in [0.25, 0.3) is 0 Å². The van der Waals surface area contributed by atoms with Crippen LogP contribution in [0, 0.1) is 16.0 Å². The van der Waals surface area contributed by atoms with Crippen molar-refractivity contribution in [1.29, 1.82) is 0 Å². The van der Waals surface area contributed by atoms with Crippen LogP contribution in [0.2, 0.25) is 5.02 Å². The summed E-state index contributed by atoms with van der Waals surface area (Å²) in [5.41, 5.74) is 1.63. The summed E-state index contributed by atoms with van der Waals surface area (Å²) in [7, 11) is 0. The fourth-order valence-electron chi connectivity index (χ4n) is 3.87. The molecule has 0 saturated carbocycles. The van der Waals surface area contributed by atoms with Gasteiger partial charge in [-0.3, -0.25) is 10.1 Å². The van der Waals surface area contributed by atoms with E-state index in [2.05, 4.69) is 5.32 Å². The normalized spacial score (nSPS) is 24.1. The minimum absolute atomic E-state index is 0.0628. The zero-order valence-corrected chi connectivity index (χ0v) is 13.4. The van der Waals surface area contributed by atoms with Gasteiger partial charge in [-0.1, -0.05) is 59.8 Å². The summed E-state index contributed by atoms with van der Waals surface area (Å²) in [6.07, 6.45) is 4.79. The van der Waals surface area contributed by atoms with E-state index in [0.29, 0.717) is 11.3 Å². The second-order valence-corrected chi connectivity index (χ2v) is 6.54. The Morgan fingerprint density at radius 2 is 2.00 bits per heavy atom. The first kappa shape index (κ1) is 15.0. The minimum atomic E-state index is -0.492. The predicted molar refractivity (Wildman–Crippen MR) is 90.3 cm³/mol. The molecule has 24 heavy (non-hydrogen) atoms. The lowest BCUT2D eigenvalue weighted by molar-refractivity contribution is -0.385. The van der Waals surface area contributed by atoms with Gasteiger partial charge in [0.2, 0.25) is 0 Å². The highest BCUT2D eigenvalue weighted by molar-refractivity contribution is 6.33. The van der Waals surface area contributed by atoms with Crippen molar-refractivity contribution in [2.75, 3.05) is 5.32 Å². The molecule has 2 aliphatic rings. The van der Waals surface area contributed by atoms with Gasteiger partial charge >= 0.3 is 0 Å². The molecule has 1 N–H and O–H groups in total. The summed E-state index contributed by atoms with van der Waals surface area (Å²) in [5, 5.41) is 27.1. The number of nitrogens with zero attached hydrogens (tertiary/aromatic N) is 1. The molecule has 2 aromatic rings. The molecule has 1 aliphatic heterocycles. The van der Waals surface area contributed by atoms with Gasteiger partial charge in [-0.25, -0.2) is 0 Å². The van der Waals surface area contributed by atoms with Crippen LogP contribution in [-0.2, 0) is 0 Å². The van der Waals surface area contributed by atoms with E-state index in [1.54, 1.807) is 0 Å². The van der Waals surface area contributed by atoms with E-state index >= 15 is 0 Å². The third-order valence-corrected chi connectivity index (χ3v) is 5.16. The maximum Gasteiger partial charge on any atom is 0.293 e. The fraction of sp³-hybridized carbons (Fsp3) is 0.222. The molecule has 0 bridgehead atoms. The van der Waals surface area contributed by atoms with Crippen molar-refractivity contribution in [3.63, 3.8) is 0 Å². The molecule has 0 spiro atoms. The van der Waals surface area contributed by atoms with Gasteiger partial charge in [0.05, 0.1) is 16.5 Å². The Morgan fingerprint density at radius 1 is 1.25 bits per heavy atom. The maximum absolute atomic E-state index is 12.4. The van der Waals surface area contributed by atoms with Gasteiger partial charge in [-0.05, 0) is 24.0 Å². The number of rotatable bonds is 2. The number of hydrogen-bond donors (Lipinski definition) is 1. The SMILES string of the molecule is O=[N+]([O-])c1c(Cl)cc([O-])c2c1[C@H]1C=CC[C@H]1[C@H](c1ccccc1)N2. The molecule has 1 heterocycles. The van der Waals surface area contributed by atoms with Crippen LogP contribution < -0.4 is 10.4 Å². The summed E-state index contributed by atoms with van der Waals surface area (Å²) in [4.78, 5) is 11.0. The van der Waals surface area contributed by atoms with Crippen LogP contribution in [0.4, 0.5) is 11.4 Å². The predicted octanol–water partition coefficient (Wildman–Crippen LogP) is 4.15. The molecule has 0 radical (unpaired) electrons. The molecule has 4 rings (SSSR count). The van der Waals surface area contributed by atoms with Crippen LogP contribution >= 0.6 is 11.6 Å². The Hall–Kier alpha value is -2.53. The summed E-state index contributed by atoms with van der Waals surface area (Å²) in [5.74, 6) is -0.366. The van der Waals surface area contributed by atoms with Crippen LogP contribution in [0.5, 0.6) is 5.75 Å². The Kier molecular flexibility index (Phi) is 3.46. The Balaban J connectivity index is 1.92. The Morgan fingerprint density at radius 3 is 2.71 bits per heavy atom. The second kappa shape index (κ2) is 5.53. The Bertz CT molecular complexity index is 851. The van der Waals surface area contributed by atoms with Crippen LogP contribution in [-0.4, -0.2) is 4.92 Å². The number of nitro benzene ring substituents is 1. The molecule has 0 saturated heterocycles. The lowest BCUT2D eigenvalue weighted by atomic mass is 9.76. The molecule has 122 valence electrons. The molecule has 0 amide bonds. The molecular formula is C18H14ClN2O3-. The molecule has 2 aromatic carbocycles. The van der Waals surface area contributed by atoms with E-state index in [0.717, 1.165) is 18.1 Å². The molecule has 1 aliphatic carbocycles. The van der Waals surface area contributed by atoms with E-state index in [9.17, 15) is 15.2 Å². The van der Waals surface area contributed by atoms with Crippen LogP contribution in [0.15, 0.2) is 48.6 Å². The second-order valence-electron chi connectivity index (χ2n) is 6.14. The highest BCUT2D eigenvalue weighted by Crippen LogP contribution is 2.55. The summed E-state index contributed by atoms with van der Waals surface area (Å²) < 4.78 is 0. The van der Waals surface area contributed by atoms with Crippen molar-refractivity contribution < 1.29 is 10.0 Å². The fourth-order valence-corrected chi connectivity index (χ4v) is 4.14. The first-order valence-electron chi connectivity index (χ1n) is 7.74. The van der Waals surface area contributed by atoms with Crippen molar-refractivity contribution in [3.8, 4) is 5.75 Å². The molecule has 5 nitrogen and oxygen atoms in total. The lowest BCUT2D eigenvalue weighted by Gasteiger charge is -2.39. The van der Waals surface area contributed by atoms with Crippen molar-refractivity contribution in [2.45, 2.75) is 18.4 Å². The van der Waals surface area contributed by atoms with Crippen LogP contribution in [0.1, 0.15) is 29.5 Å². The quantitative estimate of drug-likeness (QED) is 0.505. The largest absolute Gasteiger partial charge is 0.871 e. The minimum Gasteiger partial charge on any atom is -0.871 e. The maximum atomic E-state index is 12.4. The number of allylic oxidation sites excluding steroid dienone is 2. The smallest absolute Gasteiger partial charge is 0.293 e. The van der Waals surface area contributed by atoms with E-state index in [1.165, 1.54) is 0 Å². The van der Waals surface area contributed by atoms with Gasteiger partial charge in [0, 0.05) is 11.6 Å². The zero-order valence-electron chi connectivity index (χ0n) is 12.6. The van der Waals surface area contributed by atoms with Gasteiger partial charge in [-0.2, -0.15) is 0 Å². The van der Waals surface area contributed by atoms with Crippen molar-refractivity contribution >= 4 is 23.0 Å². The van der Waals surface area contributed by atoms with E-state index in [4.69, 9.17) is 11.6 Å². The third-order valence-electron chi connectivity index (χ3n) is 4.87. The van der Waals surface area contributed by atoms with Gasteiger partial charge in [0.1, 0.15) is 5.02 Å². The molecule has 0 aromatic heterocycles. The van der Waals surface area contributed by atoms with Crippen molar-refractivity contribution in [1.82, 2.24) is 0 Å². The number of anilines is 1. The highest BCUT2D eigenvalue weighted by Gasteiger charge is 2.42. The van der Waals surface area contributed by atoms with E-state index < -0.39 is 4.92 Å². The van der Waals surface area contributed by atoms with E-state index in [1.807, 2.05) is 42.5 Å². The third kappa shape index (κ3) is 2.16. The summed E-state index contributed by atoms with van der Waals surface area (Å²) in [6, 6.07) is 10.9. The molecular weight excluding hydrogens is 328 g/mol. The standard InChI is InChI=1S/C18H15ClN2O3/c19-13-9-14(22)17-15(18(13)21(23)24)11-7-4-8-12(11)16(20-17)10-5-2-1-3-6-10/h1-7,9,11-12,16,20,22H,8H2/p-1/t11-,12+,16-/m0/s1.